The van der Waals surface area contributed by atoms with Crippen molar-refractivity contribution in [1.29, 1.82) is 0 Å². The van der Waals surface area contributed by atoms with Crippen molar-refractivity contribution >= 4 is 5.78 Å². The van der Waals surface area contributed by atoms with Gasteiger partial charge < -0.3 is 0 Å². The minimum absolute atomic E-state index is 0.0671. The topological polar surface area (TPSA) is 17.1 Å². The fraction of sp³-hybridized carbons (Fsp3) is 0.643. The molecule has 0 aromatic carbocycles. The van der Waals surface area contributed by atoms with Crippen LogP contribution in [0.1, 0.15) is 41.0 Å². The number of allylic oxidation sites excluding steroid dienone is 4. The van der Waals surface area contributed by atoms with Crippen molar-refractivity contribution in [3.63, 3.8) is 0 Å². The third-order valence-corrected chi connectivity index (χ3v) is 3.88. The van der Waals surface area contributed by atoms with E-state index in [2.05, 4.69) is 33.8 Å². The largest absolute Gasteiger partial charge is 0.294 e. The van der Waals surface area contributed by atoms with Gasteiger partial charge in [0.2, 0.25) is 0 Å². The highest BCUT2D eigenvalue weighted by molar-refractivity contribution is 5.94. The van der Waals surface area contributed by atoms with Gasteiger partial charge in [0.15, 0.2) is 5.78 Å². The lowest BCUT2D eigenvalue weighted by molar-refractivity contribution is -0.121. The molecule has 2 atom stereocenters. The molecule has 0 aromatic heterocycles. The average Bonchev–Trinajstić information content (AvgIpc) is 2.12. The van der Waals surface area contributed by atoms with E-state index in [9.17, 15) is 4.79 Å². The van der Waals surface area contributed by atoms with E-state index in [-0.39, 0.29) is 17.1 Å². The smallest absolute Gasteiger partial charge is 0.162 e. The molecule has 15 heavy (non-hydrogen) atoms. The predicted molar refractivity (Wildman–Crippen MR) is 64.6 cm³/mol. The Hall–Kier alpha value is -0.850. The normalized spacial score (nSPS) is 30.3. The van der Waals surface area contributed by atoms with E-state index in [0.29, 0.717) is 5.92 Å². The van der Waals surface area contributed by atoms with Crippen molar-refractivity contribution in [2.24, 2.45) is 17.3 Å². The minimum Gasteiger partial charge on any atom is -0.294 e. The molecule has 0 radical (unpaired) electrons. The van der Waals surface area contributed by atoms with Gasteiger partial charge in [-0.25, -0.2) is 0 Å². The molecule has 0 fully saturated rings. The van der Waals surface area contributed by atoms with Gasteiger partial charge in [-0.2, -0.15) is 0 Å². The molecule has 0 N–H and O–H groups in total. The summed E-state index contributed by atoms with van der Waals surface area (Å²) in [6.07, 6.45) is 6.87. The highest BCUT2D eigenvalue weighted by Gasteiger charge is 2.41. The lowest BCUT2D eigenvalue weighted by Gasteiger charge is -2.42. The fourth-order valence-corrected chi connectivity index (χ4v) is 2.51. The number of rotatable bonds is 2. The number of hydrogen-bond acceptors (Lipinski definition) is 1. The molecule has 0 saturated heterocycles. The van der Waals surface area contributed by atoms with Crippen molar-refractivity contribution in [3.8, 4) is 0 Å². The van der Waals surface area contributed by atoms with Crippen molar-refractivity contribution < 1.29 is 4.79 Å². The molecule has 1 heteroatoms. The van der Waals surface area contributed by atoms with Crippen molar-refractivity contribution in [1.82, 2.24) is 0 Å². The molecular weight excluding hydrogens is 184 g/mol. The van der Waals surface area contributed by atoms with E-state index < -0.39 is 0 Å². The molecule has 1 rings (SSSR count). The van der Waals surface area contributed by atoms with E-state index in [1.165, 1.54) is 5.57 Å². The van der Waals surface area contributed by atoms with Crippen LogP contribution in [0.25, 0.3) is 0 Å². The van der Waals surface area contributed by atoms with Gasteiger partial charge in [0, 0.05) is 5.92 Å². The van der Waals surface area contributed by atoms with Gasteiger partial charge in [0.05, 0.1) is 0 Å². The molecule has 0 amide bonds. The maximum atomic E-state index is 12.0. The van der Waals surface area contributed by atoms with E-state index in [4.69, 9.17) is 0 Å². The van der Waals surface area contributed by atoms with Gasteiger partial charge in [-0.05, 0) is 37.7 Å². The molecule has 0 aliphatic heterocycles. The fourth-order valence-electron chi connectivity index (χ4n) is 2.51. The maximum absolute atomic E-state index is 12.0. The summed E-state index contributed by atoms with van der Waals surface area (Å²) < 4.78 is 0. The lowest BCUT2D eigenvalue weighted by Crippen LogP contribution is -2.38. The summed E-state index contributed by atoms with van der Waals surface area (Å²) in [5, 5.41) is 0. The Morgan fingerprint density at radius 2 is 2.13 bits per heavy atom. The summed E-state index contributed by atoms with van der Waals surface area (Å²) in [4.78, 5) is 12.0. The summed E-state index contributed by atoms with van der Waals surface area (Å²) in [5.41, 5.74) is 1.32. The van der Waals surface area contributed by atoms with Gasteiger partial charge in [-0.1, -0.05) is 38.5 Å². The summed E-state index contributed by atoms with van der Waals surface area (Å²) >= 11 is 0. The van der Waals surface area contributed by atoms with Crippen LogP contribution < -0.4 is 0 Å². The van der Waals surface area contributed by atoms with E-state index in [0.717, 1.165) is 6.42 Å². The first-order valence-electron chi connectivity index (χ1n) is 5.74. The summed E-state index contributed by atoms with van der Waals surface area (Å²) in [7, 11) is 0. The zero-order valence-electron chi connectivity index (χ0n) is 10.5. The Morgan fingerprint density at radius 3 is 2.67 bits per heavy atom. The van der Waals surface area contributed by atoms with Crippen LogP contribution in [0.3, 0.4) is 0 Å². The van der Waals surface area contributed by atoms with E-state index in [1.54, 1.807) is 6.08 Å². The van der Waals surface area contributed by atoms with Crippen molar-refractivity contribution in [3.05, 3.63) is 23.8 Å². The highest BCUT2D eigenvalue weighted by Crippen LogP contribution is 2.45. The first-order valence-corrected chi connectivity index (χ1v) is 5.74. The number of carbonyl (C=O) groups excluding carboxylic acids is 1. The average molecular weight is 206 g/mol. The van der Waals surface area contributed by atoms with Crippen molar-refractivity contribution in [2.45, 2.75) is 41.0 Å². The third-order valence-electron chi connectivity index (χ3n) is 3.88. The monoisotopic (exact) mass is 206 g/mol. The Balaban J connectivity index is 3.06. The van der Waals surface area contributed by atoms with Gasteiger partial charge in [0.25, 0.3) is 0 Å². The second-order valence-electron chi connectivity index (χ2n) is 5.24. The Labute approximate surface area is 93.3 Å². The van der Waals surface area contributed by atoms with Crippen LogP contribution in [0, 0.1) is 17.3 Å². The molecular formula is C14H22O. The maximum Gasteiger partial charge on any atom is 0.162 e. The highest BCUT2D eigenvalue weighted by atomic mass is 16.1. The van der Waals surface area contributed by atoms with Gasteiger partial charge in [0.1, 0.15) is 0 Å². The molecule has 0 bridgehead atoms. The summed E-state index contributed by atoms with van der Waals surface area (Å²) in [5.74, 6) is 0.889. The van der Waals surface area contributed by atoms with Crippen LogP contribution in [0.15, 0.2) is 23.8 Å². The first-order chi connectivity index (χ1) is 6.91. The van der Waals surface area contributed by atoms with Crippen LogP contribution >= 0.6 is 0 Å². The zero-order valence-corrected chi connectivity index (χ0v) is 10.5. The van der Waals surface area contributed by atoms with E-state index >= 15 is 0 Å². The third kappa shape index (κ3) is 2.22. The molecule has 0 aromatic rings. The molecule has 84 valence electrons. The Kier molecular flexibility index (Phi) is 3.54. The summed E-state index contributed by atoms with van der Waals surface area (Å²) in [6, 6.07) is 0. The zero-order chi connectivity index (χ0) is 11.6. The number of hydrogen-bond donors (Lipinski definition) is 0. The van der Waals surface area contributed by atoms with E-state index in [1.807, 2.05) is 13.0 Å². The van der Waals surface area contributed by atoms with Gasteiger partial charge >= 0.3 is 0 Å². The molecule has 0 heterocycles. The molecule has 0 saturated carbocycles. The molecule has 2 unspecified atom stereocenters. The quantitative estimate of drug-likeness (QED) is 0.496. The molecule has 1 aliphatic rings. The number of carbonyl (C=O) groups is 1. The number of ketones is 1. The van der Waals surface area contributed by atoms with Gasteiger partial charge in [-0.3, -0.25) is 4.79 Å². The molecule has 0 spiro atoms. The molecule has 1 aliphatic carbocycles. The summed E-state index contributed by atoms with van der Waals surface area (Å²) in [6.45, 7) is 10.6. The standard InChI is InChI=1S/C14H22O/c1-6-7-12(15)13-10(2)8-9-11(3)14(13,4)5/h6-8,11,13H,9H2,1-5H3/b7-6+. The van der Waals surface area contributed by atoms with Crippen molar-refractivity contribution in [2.75, 3.05) is 0 Å². The van der Waals surface area contributed by atoms with Crippen LogP contribution in [-0.2, 0) is 4.79 Å². The van der Waals surface area contributed by atoms with Crippen LogP contribution in [-0.4, -0.2) is 5.78 Å². The second kappa shape index (κ2) is 4.34. The van der Waals surface area contributed by atoms with Crippen LogP contribution in [0.4, 0.5) is 0 Å². The van der Waals surface area contributed by atoms with Gasteiger partial charge in [-0.15, -0.1) is 0 Å². The second-order valence-corrected chi connectivity index (χ2v) is 5.24. The first kappa shape index (κ1) is 12.2. The molecule has 1 nitrogen and oxygen atoms in total. The van der Waals surface area contributed by atoms with Crippen LogP contribution in [0.2, 0.25) is 0 Å². The van der Waals surface area contributed by atoms with Crippen LogP contribution in [0.5, 0.6) is 0 Å². The Morgan fingerprint density at radius 1 is 1.53 bits per heavy atom. The SMILES string of the molecule is C/C=C/C(=O)C1C(C)=CCC(C)C1(C)C. The lowest BCUT2D eigenvalue weighted by atomic mass is 9.61. The predicted octanol–water partition coefficient (Wildman–Crippen LogP) is 3.76. The Bertz CT molecular complexity index is 307. The minimum atomic E-state index is 0.0671.